The Morgan fingerprint density at radius 3 is 2.83 bits per heavy atom. The molecule has 0 N–H and O–H groups in total. The number of amides is 1. The third kappa shape index (κ3) is 1.58. The normalized spacial score (nSPS) is 25.6. The van der Waals surface area contributed by atoms with Gasteiger partial charge in [-0.1, -0.05) is 6.92 Å². The largest absolute Gasteiger partial charge is 0.345 e. The lowest BCUT2D eigenvalue weighted by Gasteiger charge is -2.13. The van der Waals surface area contributed by atoms with Crippen molar-refractivity contribution in [2.24, 2.45) is 11.8 Å². The number of likely N-dealkylation sites (tertiary alicyclic amines) is 1. The van der Waals surface area contributed by atoms with Gasteiger partial charge in [-0.15, -0.1) is 0 Å². The number of rotatable bonds is 2. The minimum atomic E-state index is 0.0545. The van der Waals surface area contributed by atoms with Gasteiger partial charge in [0.05, 0.1) is 12.0 Å². The number of carbonyl (C=O) groups excluding carboxylic acids is 1. The standard InChI is InChI=1S/C9H14N2O/c1-3-7(5-10)8-4-9(12)11(2)6-8/h7-8H,3-4,6H2,1-2H3. The van der Waals surface area contributed by atoms with Crippen LogP contribution in [0.15, 0.2) is 0 Å². The molecular formula is C9H14N2O. The summed E-state index contributed by atoms with van der Waals surface area (Å²) in [5.41, 5.74) is 0. The van der Waals surface area contributed by atoms with Crippen molar-refractivity contribution in [1.29, 1.82) is 5.26 Å². The summed E-state index contributed by atoms with van der Waals surface area (Å²) in [6.45, 7) is 2.75. The molecule has 2 atom stereocenters. The summed E-state index contributed by atoms with van der Waals surface area (Å²) in [5, 5.41) is 8.78. The molecule has 0 bridgehead atoms. The molecule has 0 radical (unpaired) electrons. The summed E-state index contributed by atoms with van der Waals surface area (Å²) in [7, 11) is 1.80. The van der Waals surface area contributed by atoms with Gasteiger partial charge in [0, 0.05) is 25.9 Å². The van der Waals surface area contributed by atoms with Crippen LogP contribution in [0.2, 0.25) is 0 Å². The lowest BCUT2D eigenvalue weighted by atomic mass is 9.91. The molecule has 3 nitrogen and oxygen atoms in total. The Kier molecular flexibility index (Phi) is 2.69. The summed E-state index contributed by atoms with van der Waals surface area (Å²) in [6.07, 6.45) is 1.41. The molecule has 0 aromatic carbocycles. The molecule has 1 heterocycles. The van der Waals surface area contributed by atoms with Crippen molar-refractivity contribution in [2.75, 3.05) is 13.6 Å². The molecule has 0 aromatic heterocycles. The topological polar surface area (TPSA) is 44.1 Å². The Labute approximate surface area is 73.0 Å². The maximum Gasteiger partial charge on any atom is 0.222 e. The third-order valence-corrected chi connectivity index (χ3v) is 2.55. The Morgan fingerprint density at radius 1 is 1.83 bits per heavy atom. The van der Waals surface area contributed by atoms with Crippen LogP contribution in [0.25, 0.3) is 0 Å². The van der Waals surface area contributed by atoms with Crippen LogP contribution < -0.4 is 0 Å². The van der Waals surface area contributed by atoms with E-state index in [1.807, 2.05) is 6.92 Å². The minimum absolute atomic E-state index is 0.0545. The highest BCUT2D eigenvalue weighted by molar-refractivity contribution is 5.78. The van der Waals surface area contributed by atoms with E-state index in [9.17, 15) is 4.79 Å². The highest BCUT2D eigenvalue weighted by Gasteiger charge is 2.31. The zero-order valence-electron chi connectivity index (χ0n) is 7.58. The van der Waals surface area contributed by atoms with Gasteiger partial charge in [0.25, 0.3) is 0 Å². The van der Waals surface area contributed by atoms with Crippen LogP contribution in [0.4, 0.5) is 0 Å². The SMILES string of the molecule is CCC(C#N)C1CC(=O)N(C)C1. The van der Waals surface area contributed by atoms with Gasteiger partial charge in [-0.05, 0) is 6.42 Å². The molecule has 1 aliphatic rings. The molecule has 1 saturated heterocycles. The third-order valence-electron chi connectivity index (χ3n) is 2.55. The average molecular weight is 166 g/mol. The molecule has 12 heavy (non-hydrogen) atoms. The van der Waals surface area contributed by atoms with Gasteiger partial charge in [0.1, 0.15) is 0 Å². The predicted octanol–water partition coefficient (Wildman–Crippen LogP) is 1.01. The molecule has 1 aliphatic heterocycles. The number of nitriles is 1. The number of nitrogens with zero attached hydrogens (tertiary/aromatic N) is 2. The van der Waals surface area contributed by atoms with Gasteiger partial charge in [-0.2, -0.15) is 5.26 Å². The molecule has 0 saturated carbocycles. The van der Waals surface area contributed by atoms with Crippen molar-refractivity contribution < 1.29 is 4.79 Å². The minimum Gasteiger partial charge on any atom is -0.345 e. The highest BCUT2D eigenvalue weighted by atomic mass is 16.2. The van der Waals surface area contributed by atoms with Crippen LogP contribution in [0, 0.1) is 23.2 Å². The monoisotopic (exact) mass is 166 g/mol. The Morgan fingerprint density at radius 2 is 2.50 bits per heavy atom. The van der Waals surface area contributed by atoms with E-state index < -0.39 is 0 Å². The second kappa shape index (κ2) is 3.57. The van der Waals surface area contributed by atoms with Crippen LogP contribution in [0.5, 0.6) is 0 Å². The second-order valence-electron chi connectivity index (χ2n) is 3.38. The van der Waals surface area contributed by atoms with Crippen LogP contribution in [0.1, 0.15) is 19.8 Å². The van der Waals surface area contributed by atoms with E-state index in [2.05, 4.69) is 6.07 Å². The van der Waals surface area contributed by atoms with E-state index in [1.54, 1.807) is 11.9 Å². The fourth-order valence-electron chi connectivity index (χ4n) is 1.70. The first-order valence-electron chi connectivity index (χ1n) is 4.32. The molecule has 0 aromatic rings. The van der Waals surface area contributed by atoms with Gasteiger partial charge >= 0.3 is 0 Å². The summed E-state index contributed by atoms with van der Waals surface area (Å²) in [5.74, 6) is 0.491. The number of carbonyl (C=O) groups is 1. The van der Waals surface area contributed by atoms with Crippen LogP contribution in [0.3, 0.4) is 0 Å². The quantitative estimate of drug-likeness (QED) is 0.614. The fraction of sp³-hybridized carbons (Fsp3) is 0.778. The first-order chi connectivity index (χ1) is 5.69. The molecule has 1 amide bonds. The van der Waals surface area contributed by atoms with Crippen molar-refractivity contribution in [3.8, 4) is 6.07 Å². The molecule has 2 unspecified atom stereocenters. The molecule has 0 aliphatic carbocycles. The zero-order valence-corrected chi connectivity index (χ0v) is 7.58. The number of hydrogen-bond acceptors (Lipinski definition) is 2. The number of hydrogen-bond donors (Lipinski definition) is 0. The molecule has 1 rings (SSSR count). The summed E-state index contributed by atoms with van der Waals surface area (Å²) < 4.78 is 0. The smallest absolute Gasteiger partial charge is 0.222 e. The summed E-state index contributed by atoms with van der Waals surface area (Å²) in [4.78, 5) is 12.9. The van der Waals surface area contributed by atoms with Crippen molar-refractivity contribution in [2.45, 2.75) is 19.8 Å². The molecule has 1 fully saturated rings. The first kappa shape index (κ1) is 9.05. The van der Waals surface area contributed by atoms with Gasteiger partial charge < -0.3 is 4.90 Å². The van der Waals surface area contributed by atoms with Crippen molar-refractivity contribution in [1.82, 2.24) is 4.90 Å². The molecular weight excluding hydrogens is 152 g/mol. The first-order valence-corrected chi connectivity index (χ1v) is 4.32. The molecule has 0 spiro atoms. The maximum atomic E-state index is 11.1. The Bertz CT molecular complexity index is 219. The van der Waals surface area contributed by atoms with E-state index in [-0.39, 0.29) is 17.7 Å². The summed E-state index contributed by atoms with van der Waals surface area (Å²) >= 11 is 0. The van der Waals surface area contributed by atoms with Gasteiger partial charge in [0.15, 0.2) is 0 Å². The van der Waals surface area contributed by atoms with Crippen LogP contribution >= 0.6 is 0 Å². The van der Waals surface area contributed by atoms with Crippen LogP contribution in [-0.2, 0) is 4.79 Å². The lowest BCUT2D eigenvalue weighted by Crippen LogP contribution is -2.20. The maximum absolute atomic E-state index is 11.1. The summed E-state index contributed by atoms with van der Waals surface area (Å²) in [6, 6.07) is 2.26. The molecule has 3 heteroatoms. The van der Waals surface area contributed by atoms with Crippen molar-refractivity contribution in [3.05, 3.63) is 0 Å². The van der Waals surface area contributed by atoms with E-state index in [4.69, 9.17) is 5.26 Å². The Hall–Kier alpha value is -1.04. The van der Waals surface area contributed by atoms with E-state index in [0.29, 0.717) is 6.42 Å². The van der Waals surface area contributed by atoms with Gasteiger partial charge in [-0.25, -0.2) is 0 Å². The van der Waals surface area contributed by atoms with Crippen LogP contribution in [-0.4, -0.2) is 24.4 Å². The average Bonchev–Trinajstić information content (AvgIpc) is 2.35. The Balaban J connectivity index is 2.57. The predicted molar refractivity (Wildman–Crippen MR) is 45.1 cm³/mol. The van der Waals surface area contributed by atoms with Crippen molar-refractivity contribution in [3.63, 3.8) is 0 Å². The van der Waals surface area contributed by atoms with E-state index >= 15 is 0 Å². The van der Waals surface area contributed by atoms with Gasteiger partial charge in [0.2, 0.25) is 5.91 Å². The molecule has 66 valence electrons. The fourth-order valence-corrected chi connectivity index (χ4v) is 1.70. The van der Waals surface area contributed by atoms with Gasteiger partial charge in [-0.3, -0.25) is 4.79 Å². The lowest BCUT2D eigenvalue weighted by molar-refractivity contribution is -0.126. The van der Waals surface area contributed by atoms with E-state index in [0.717, 1.165) is 13.0 Å². The highest BCUT2D eigenvalue weighted by Crippen LogP contribution is 2.25. The second-order valence-corrected chi connectivity index (χ2v) is 3.38. The zero-order chi connectivity index (χ0) is 9.14. The van der Waals surface area contributed by atoms with E-state index in [1.165, 1.54) is 0 Å². The van der Waals surface area contributed by atoms with Crippen molar-refractivity contribution >= 4 is 5.91 Å².